The number of rotatable bonds is 13. The number of aromatic nitrogens is 4. The second-order valence-electron chi connectivity index (χ2n) is 9.86. The fourth-order valence-electron chi connectivity index (χ4n) is 4.85. The number of hydrogen-bond donors (Lipinski definition) is 4. The third-order valence-corrected chi connectivity index (χ3v) is 7.01. The van der Waals surface area contributed by atoms with E-state index in [9.17, 15) is 5.11 Å². The van der Waals surface area contributed by atoms with Crippen molar-refractivity contribution in [1.29, 1.82) is 0 Å². The third kappa shape index (κ3) is 7.03. The van der Waals surface area contributed by atoms with Gasteiger partial charge in [-0.15, -0.1) is 0 Å². The number of aliphatic hydroxyl groups excluding tert-OH is 2. The van der Waals surface area contributed by atoms with Gasteiger partial charge in [0.25, 0.3) is 0 Å². The van der Waals surface area contributed by atoms with Gasteiger partial charge in [-0.05, 0) is 49.1 Å². The van der Waals surface area contributed by atoms with Gasteiger partial charge < -0.3 is 30.3 Å². The Kier molecular flexibility index (Phi) is 9.21. The van der Waals surface area contributed by atoms with Crippen LogP contribution in [0.3, 0.4) is 0 Å². The highest BCUT2D eigenvalue weighted by molar-refractivity contribution is 5.86. The molecule has 3 heterocycles. The van der Waals surface area contributed by atoms with Crippen LogP contribution < -0.4 is 15.5 Å². The van der Waals surface area contributed by atoms with Crippen LogP contribution in [0.1, 0.15) is 24.8 Å². The Morgan fingerprint density at radius 1 is 0.821 bits per heavy atom. The minimum Gasteiger partial charge on any atom is -0.396 e. The van der Waals surface area contributed by atoms with E-state index in [2.05, 4.69) is 85.0 Å². The van der Waals surface area contributed by atoms with Gasteiger partial charge in [0, 0.05) is 70.4 Å². The predicted molar refractivity (Wildman–Crippen MR) is 155 cm³/mol. The summed E-state index contributed by atoms with van der Waals surface area (Å²) < 4.78 is 1.94. The van der Waals surface area contributed by atoms with E-state index in [1.54, 1.807) is 6.33 Å². The number of unbranched alkanes of at least 4 members (excludes halogenated alkanes) is 1. The van der Waals surface area contributed by atoms with E-state index in [-0.39, 0.29) is 13.2 Å². The lowest BCUT2D eigenvalue weighted by molar-refractivity contribution is 0.250. The van der Waals surface area contributed by atoms with Gasteiger partial charge in [0.1, 0.15) is 0 Å². The van der Waals surface area contributed by atoms with Crippen LogP contribution in [0.2, 0.25) is 0 Å². The number of nitrogens with zero attached hydrogens (tertiary/aromatic N) is 6. The Bertz CT molecular complexity index is 1300. The van der Waals surface area contributed by atoms with E-state index < -0.39 is 0 Å². The topological polar surface area (TPSA) is 115 Å². The molecule has 4 aromatic rings. The summed E-state index contributed by atoms with van der Waals surface area (Å²) in [5, 5.41) is 25.1. The lowest BCUT2D eigenvalue weighted by Crippen LogP contribution is -2.45. The van der Waals surface area contributed by atoms with Crippen molar-refractivity contribution >= 4 is 34.3 Å². The molecular formula is C29H38N8O2. The summed E-state index contributed by atoms with van der Waals surface area (Å²) in [5.74, 6) is 1.15. The number of aryl methyl sites for hydroxylation is 1. The van der Waals surface area contributed by atoms with Crippen LogP contribution in [0.25, 0.3) is 11.2 Å². The zero-order chi connectivity index (χ0) is 26.9. The van der Waals surface area contributed by atoms with E-state index in [1.807, 2.05) is 4.57 Å². The number of hydrogen-bond acceptors (Lipinski definition) is 9. The minimum atomic E-state index is 0.108. The summed E-state index contributed by atoms with van der Waals surface area (Å²) in [6, 6.07) is 19.1. The highest BCUT2D eigenvalue weighted by Gasteiger charge is 2.18. The van der Waals surface area contributed by atoms with E-state index in [4.69, 9.17) is 10.1 Å². The highest BCUT2D eigenvalue weighted by Crippen LogP contribution is 2.26. The molecule has 0 amide bonds. The second-order valence-corrected chi connectivity index (χ2v) is 9.86. The molecular weight excluding hydrogens is 492 g/mol. The number of piperazine rings is 1. The van der Waals surface area contributed by atoms with Gasteiger partial charge in [-0.3, -0.25) is 4.90 Å². The van der Waals surface area contributed by atoms with Crippen LogP contribution in [0.4, 0.5) is 23.1 Å². The lowest BCUT2D eigenvalue weighted by atomic mass is 10.2. The maximum Gasteiger partial charge on any atom is 0.226 e. The average Bonchev–Trinajstić information content (AvgIpc) is 3.39. The molecule has 0 unspecified atom stereocenters. The first kappa shape index (κ1) is 26.9. The monoisotopic (exact) mass is 530 g/mol. The molecule has 0 saturated carbocycles. The van der Waals surface area contributed by atoms with Gasteiger partial charge >= 0.3 is 0 Å². The molecule has 2 aromatic carbocycles. The molecule has 1 fully saturated rings. The quantitative estimate of drug-likeness (QED) is 0.193. The maximum atomic E-state index is 9.28. The number of imidazole rings is 1. The maximum absolute atomic E-state index is 9.28. The fourth-order valence-corrected chi connectivity index (χ4v) is 4.85. The van der Waals surface area contributed by atoms with Gasteiger partial charge in [0.2, 0.25) is 5.95 Å². The van der Waals surface area contributed by atoms with Crippen LogP contribution in [0.15, 0.2) is 60.9 Å². The van der Waals surface area contributed by atoms with Crippen molar-refractivity contribution in [3.63, 3.8) is 0 Å². The molecule has 1 aliphatic rings. The van der Waals surface area contributed by atoms with Crippen LogP contribution in [0.5, 0.6) is 0 Å². The molecule has 2 aromatic heterocycles. The molecule has 0 atom stereocenters. The molecule has 1 saturated heterocycles. The number of anilines is 4. The Balaban J connectivity index is 1.25. The number of fused-ring (bicyclic) bond motifs is 1. The Labute approximate surface area is 229 Å². The van der Waals surface area contributed by atoms with Crippen molar-refractivity contribution < 1.29 is 10.2 Å². The highest BCUT2D eigenvalue weighted by atomic mass is 16.3. The molecule has 206 valence electrons. The standard InChI is InChI=1S/C29H38N8O2/c38-19-5-4-13-30-29-33-27(26-28(34-29)37(22-31-26)14-6-20-39)32-24-9-11-25(12-10-24)36-17-15-35(16-18-36)21-23-7-2-1-3-8-23/h1-3,7-12,22,38-39H,4-6,13-21H2,(H2,30,32,33,34). The van der Waals surface area contributed by atoms with Crippen LogP contribution in [-0.4, -0.2) is 80.6 Å². The SMILES string of the molecule is OCCCCNc1nc(Nc2ccc(N3CCN(Cc4ccccc4)CC3)cc2)c2ncn(CCCO)c2n1. The van der Waals surface area contributed by atoms with Crippen LogP contribution in [-0.2, 0) is 13.1 Å². The summed E-state index contributed by atoms with van der Waals surface area (Å²) in [4.78, 5) is 18.9. The molecule has 0 spiro atoms. The summed E-state index contributed by atoms with van der Waals surface area (Å²) in [7, 11) is 0. The van der Waals surface area contributed by atoms with E-state index >= 15 is 0 Å². The third-order valence-electron chi connectivity index (χ3n) is 7.01. The number of aliphatic hydroxyl groups is 2. The van der Waals surface area contributed by atoms with Gasteiger partial charge in [-0.1, -0.05) is 30.3 Å². The molecule has 4 N–H and O–H groups in total. The smallest absolute Gasteiger partial charge is 0.226 e. The Morgan fingerprint density at radius 2 is 1.59 bits per heavy atom. The summed E-state index contributed by atoms with van der Waals surface area (Å²) in [6.45, 7) is 6.66. The van der Waals surface area contributed by atoms with Gasteiger partial charge in [-0.25, -0.2) is 4.98 Å². The molecule has 5 rings (SSSR count). The minimum absolute atomic E-state index is 0.108. The molecule has 0 aliphatic carbocycles. The van der Waals surface area contributed by atoms with Crippen molar-refractivity contribution in [3.8, 4) is 0 Å². The first-order valence-electron chi connectivity index (χ1n) is 13.8. The molecule has 0 radical (unpaired) electrons. The number of benzene rings is 2. The zero-order valence-electron chi connectivity index (χ0n) is 22.3. The fraction of sp³-hybridized carbons (Fsp3) is 0.414. The van der Waals surface area contributed by atoms with Crippen molar-refractivity contribution in [1.82, 2.24) is 24.4 Å². The van der Waals surface area contributed by atoms with E-state index in [1.165, 1.54) is 11.3 Å². The predicted octanol–water partition coefficient (Wildman–Crippen LogP) is 3.46. The molecule has 10 heteroatoms. The summed E-state index contributed by atoms with van der Waals surface area (Å²) in [5.41, 5.74) is 4.91. The van der Waals surface area contributed by atoms with Gasteiger partial charge in [-0.2, -0.15) is 9.97 Å². The zero-order valence-corrected chi connectivity index (χ0v) is 22.3. The second kappa shape index (κ2) is 13.4. The van der Waals surface area contributed by atoms with Gasteiger partial charge in [0.05, 0.1) is 6.33 Å². The van der Waals surface area contributed by atoms with Gasteiger partial charge in [0.15, 0.2) is 17.0 Å². The van der Waals surface area contributed by atoms with Crippen molar-refractivity contribution in [2.75, 3.05) is 61.5 Å². The molecule has 1 aliphatic heterocycles. The van der Waals surface area contributed by atoms with Crippen molar-refractivity contribution in [3.05, 3.63) is 66.5 Å². The first-order chi connectivity index (χ1) is 19.2. The first-order valence-corrected chi connectivity index (χ1v) is 13.8. The van der Waals surface area contributed by atoms with E-state index in [0.717, 1.165) is 56.9 Å². The van der Waals surface area contributed by atoms with E-state index in [0.29, 0.717) is 36.8 Å². The van der Waals surface area contributed by atoms with Crippen LogP contribution in [0, 0.1) is 0 Å². The molecule has 10 nitrogen and oxygen atoms in total. The summed E-state index contributed by atoms with van der Waals surface area (Å²) >= 11 is 0. The summed E-state index contributed by atoms with van der Waals surface area (Å²) in [6.07, 6.45) is 3.92. The van der Waals surface area contributed by atoms with Crippen molar-refractivity contribution in [2.24, 2.45) is 0 Å². The largest absolute Gasteiger partial charge is 0.396 e. The Morgan fingerprint density at radius 3 is 2.33 bits per heavy atom. The normalized spacial score (nSPS) is 14.2. The lowest BCUT2D eigenvalue weighted by Gasteiger charge is -2.36. The average molecular weight is 531 g/mol. The van der Waals surface area contributed by atoms with Crippen molar-refractivity contribution in [2.45, 2.75) is 32.4 Å². The number of nitrogens with one attached hydrogen (secondary N) is 2. The van der Waals surface area contributed by atoms with Crippen LogP contribution >= 0.6 is 0 Å². The molecule has 39 heavy (non-hydrogen) atoms. The Hall–Kier alpha value is -3.73. The molecule has 0 bridgehead atoms.